The van der Waals surface area contributed by atoms with E-state index >= 15 is 0 Å². The molecule has 2 rings (SSSR count). The Labute approximate surface area is 113 Å². The lowest BCUT2D eigenvalue weighted by Gasteiger charge is -1.98. The summed E-state index contributed by atoms with van der Waals surface area (Å²) in [6.45, 7) is 0. The van der Waals surface area contributed by atoms with Gasteiger partial charge in [0.05, 0.1) is 0 Å². The number of hydrogen-bond acceptors (Lipinski definition) is 3. The molecule has 0 unspecified atom stereocenters. The fourth-order valence-corrected chi connectivity index (χ4v) is 1.68. The van der Waals surface area contributed by atoms with Gasteiger partial charge in [0.1, 0.15) is 5.75 Å². The predicted molar refractivity (Wildman–Crippen MR) is 73.4 cm³/mol. The average Bonchev–Trinajstić information content (AvgIpc) is 2.38. The summed E-state index contributed by atoms with van der Waals surface area (Å²) in [5.41, 5.74) is 0.966. The Morgan fingerprint density at radius 3 is 2.61 bits per heavy atom. The lowest BCUT2D eigenvalue weighted by molar-refractivity contribution is 0.104. The average molecular weight is 304 g/mol. The molecule has 0 aliphatic rings. The summed E-state index contributed by atoms with van der Waals surface area (Å²) in [6, 6.07) is 10.6. The van der Waals surface area contributed by atoms with Crippen molar-refractivity contribution in [3.8, 4) is 5.75 Å². The van der Waals surface area contributed by atoms with Gasteiger partial charge in [-0.2, -0.15) is 0 Å². The second-order valence-electron chi connectivity index (χ2n) is 3.62. The molecule has 0 bridgehead atoms. The maximum absolute atomic E-state index is 11.8. The molecule has 0 amide bonds. The van der Waals surface area contributed by atoms with E-state index in [-0.39, 0.29) is 17.2 Å². The zero-order valence-electron chi connectivity index (χ0n) is 9.38. The SMILES string of the molecule is O=C(C=Cc1ccc(Br)cc1)c1ncccc1O. The molecular weight excluding hydrogens is 294 g/mol. The highest BCUT2D eigenvalue weighted by Crippen LogP contribution is 2.15. The van der Waals surface area contributed by atoms with E-state index in [0.29, 0.717) is 0 Å². The van der Waals surface area contributed by atoms with Crippen LogP contribution in [0.2, 0.25) is 0 Å². The maximum Gasteiger partial charge on any atom is 0.207 e. The third-order valence-electron chi connectivity index (χ3n) is 2.32. The topological polar surface area (TPSA) is 50.2 Å². The van der Waals surface area contributed by atoms with E-state index in [0.717, 1.165) is 10.0 Å². The molecule has 3 nitrogen and oxygen atoms in total. The summed E-state index contributed by atoms with van der Waals surface area (Å²) >= 11 is 3.34. The number of halogens is 1. The van der Waals surface area contributed by atoms with Gasteiger partial charge in [-0.1, -0.05) is 34.1 Å². The summed E-state index contributed by atoms with van der Waals surface area (Å²) in [5, 5.41) is 9.49. The molecule has 0 radical (unpaired) electrons. The first-order valence-corrected chi connectivity index (χ1v) is 6.08. The number of hydrogen-bond donors (Lipinski definition) is 1. The minimum Gasteiger partial charge on any atom is -0.506 e. The smallest absolute Gasteiger partial charge is 0.207 e. The molecule has 0 spiro atoms. The van der Waals surface area contributed by atoms with Crippen molar-refractivity contribution in [2.75, 3.05) is 0 Å². The number of ketones is 1. The Morgan fingerprint density at radius 1 is 1.22 bits per heavy atom. The second-order valence-corrected chi connectivity index (χ2v) is 4.54. The number of nitrogens with zero attached hydrogens (tertiary/aromatic N) is 1. The summed E-state index contributed by atoms with van der Waals surface area (Å²) in [7, 11) is 0. The van der Waals surface area contributed by atoms with Crippen LogP contribution in [-0.4, -0.2) is 15.9 Å². The van der Waals surface area contributed by atoms with E-state index in [1.807, 2.05) is 24.3 Å². The van der Waals surface area contributed by atoms with Crippen molar-refractivity contribution in [1.82, 2.24) is 4.98 Å². The van der Waals surface area contributed by atoms with Gasteiger partial charge in [-0.05, 0) is 35.9 Å². The number of carbonyl (C=O) groups excluding carboxylic acids is 1. The summed E-state index contributed by atoms with van der Waals surface area (Å²) < 4.78 is 0.980. The first-order chi connectivity index (χ1) is 8.66. The minimum absolute atomic E-state index is 0.0610. The molecule has 0 fully saturated rings. The zero-order valence-corrected chi connectivity index (χ0v) is 11.0. The Balaban J connectivity index is 2.17. The van der Waals surface area contributed by atoms with Gasteiger partial charge in [0, 0.05) is 10.7 Å². The van der Waals surface area contributed by atoms with Crippen molar-refractivity contribution in [1.29, 1.82) is 0 Å². The van der Waals surface area contributed by atoms with Crippen molar-refractivity contribution in [2.24, 2.45) is 0 Å². The van der Waals surface area contributed by atoms with E-state index in [1.165, 1.54) is 18.3 Å². The van der Waals surface area contributed by atoms with Gasteiger partial charge >= 0.3 is 0 Å². The van der Waals surface area contributed by atoms with Crippen LogP contribution in [0.25, 0.3) is 6.08 Å². The van der Waals surface area contributed by atoms with Crippen molar-refractivity contribution < 1.29 is 9.90 Å². The van der Waals surface area contributed by atoms with Gasteiger partial charge in [-0.3, -0.25) is 4.79 Å². The Hall–Kier alpha value is -1.94. The molecule has 1 heterocycles. The van der Waals surface area contributed by atoms with Gasteiger partial charge in [0.15, 0.2) is 5.69 Å². The third-order valence-corrected chi connectivity index (χ3v) is 2.85. The second kappa shape index (κ2) is 5.60. The molecule has 0 saturated heterocycles. The molecular formula is C14H10BrNO2. The Morgan fingerprint density at radius 2 is 1.94 bits per heavy atom. The van der Waals surface area contributed by atoms with Gasteiger partial charge in [-0.25, -0.2) is 4.98 Å². The number of benzene rings is 1. The largest absolute Gasteiger partial charge is 0.506 e. The first kappa shape index (κ1) is 12.5. The summed E-state index contributed by atoms with van der Waals surface area (Å²) in [4.78, 5) is 15.6. The number of aromatic nitrogens is 1. The number of allylic oxidation sites excluding steroid dienone is 1. The van der Waals surface area contributed by atoms with Crippen molar-refractivity contribution in [3.05, 3.63) is 64.4 Å². The zero-order chi connectivity index (χ0) is 13.0. The van der Waals surface area contributed by atoms with Gasteiger partial charge in [0.25, 0.3) is 0 Å². The standard InChI is InChI=1S/C14H10BrNO2/c15-11-6-3-10(4-7-11)5-8-13(18)14-12(17)2-1-9-16-14/h1-9,17H. The van der Waals surface area contributed by atoms with Crippen molar-refractivity contribution in [2.45, 2.75) is 0 Å². The fourth-order valence-electron chi connectivity index (χ4n) is 1.41. The van der Waals surface area contributed by atoms with Crippen LogP contribution in [-0.2, 0) is 0 Å². The van der Waals surface area contributed by atoms with E-state index in [4.69, 9.17) is 0 Å². The van der Waals surface area contributed by atoms with Crippen LogP contribution in [0.3, 0.4) is 0 Å². The molecule has 4 heteroatoms. The number of pyridine rings is 1. The highest BCUT2D eigenvalue weighted by molar-refractivity contribution is 9.10. The highest BCUT2D eigenvalue weighted by Gasteiger charge is 2.08. The predicted octanol–water partition coefficient (Wildman–Crippen LogP) is 3.45. The molecule has 1 N–H and O–H groups in total. The maximum atomic E-state index is 11.8. The Bertz CT molecular complexity index is 591. The first-order valence-electron chi connectivity index (χ1n) is 5.29. The van der Waals surface area contributed by atoms with Gasteiger partial charge < -0.3 is 5.11 Å². The van der Waals surface area contributed by atoms with E-state index in [1.54, 1.807) is 12.1 Å². The Kier molecular flexibility index (Phi) is 3.89. The molecule has 0 atom stereocenters. The normalized spacial score (nSPS) is 10.7. The highest BCUT2D eigenvalue weighted by atomic mass is 79.9. The molecule has 2 aromatic rings. The molecule has 1 aromatic carbocycles. The van der Waals surface area contributed by atoms with Crippen LogP contribution in [0.1, 0.15) is 16.1 Å². The van der Waals surface area contributed by atoms with E-state index < -0.39 is 0 Å². The van der Waals surface area contributed by atoms with Crippen LogP contribution < -0.4 is 0 Å². The molecule has 0 aliphatic heterocycles. The summed E-state index contributed by atoms with van der Waals surface area (Å²) in [6.07, 6.45) is 4.55. The molecule has 1 aromatic heterocycles. The third kappa shape index (κ3) is 3.05. The van der Waals surface area contributed by atoms with Crippen LogP contribution in [0.5, 0.6) is 5.75 Å². The van der Waals surface area contributed by atoms with E-state index in [9.17, 15) is 9.90 Å². The van der Waals surface area contributed by atoms with Crippen LogP contribution in [0.15, 0.2) is 53.1 Å². The molecule has 18 heavy (non-hydrogen) atoms. The van der Waals surface area contributed by atoms with Crippen molar-refractivity contribution >= 4 is 27.8 Å². The minimum atomic E-state index is -0.323. The lowest BCUT2D eigenvalue weighted by atomic mass is 10.1. The summed E-state index contributed by atoms with van der Waals surface area (Å²) in [5.74, 6) is -0.432. The lowest BCUT2D eigenvalue weighted by Crippen LogP contribution is -1.97. The molecule has 0 saturated carbocycles. The number of rotatable bonds is 3. The van der Waals surface area contributed by atoms with Crippen LogP contribution >= 0.6 is 15.9 Å². The molecule has 0 aliphatic carbocycles. The van der Waals surface area contributed by atoms with E-state index in [2.05, 4.69) is 20.9 Å². The molecule has 90 valence electrons. The van der Waals surface area contributed by atoms with Crippen LogP contribution in [0.4, 0.5) is 0 Å². The monoisotopic (exact) mass is 303 g/mol. The van der Waals surface area contributed by atoms with Crippen molar-refractivity contribution in [3.63, 3.8) is 0 Å². The number of carbonyl (C=O) groups is 1. The quantitative estimate of drug-likeness (QED) is 0.698. The van der Waals surface area contributed by atoms with Crippen LogP contribution in [0, 0.1) is 0 Å². The van der Waals surface area contributed by atoms with Gasteiger partial charge in [0.2, 0.25) is 5.78 Å². The number of aromatic hydroxyl groups is 1. The van der Waals surface area contributed by atoms with Gasteiger partial charge in [-0.15, -0.1) is 0 Å². The fraction of sp³-hybridized carbons (Fsp3) is 0.